The van der Waals surface area contributed by atoms with Crippen LogP contribution in [-0.4, -0.2) is 42.9 Å². The molecule has 0 aliphatic rings. The third-order valence-electron chi connectivity index (χ3n) is 3.09. The number of nitrogens with zero attached hydrogens (tertiary/aromatic N) is 1. The molecule has 4 heteroatoms. The number of amides is 1. The first-order chi connectivity index (χ1) is 8.93. The molecule has 0 aliphatic carbocycles. The molecule has 0 spiro atoms. The number of hydrogen-bond acceptors (Lipinski definition) is 2. The van der Waals surface area contributed by atoms with Crippen molar-refractivity contribution in [2.45, 2.75) is 25.1 Å². The molecule has 0 heterocycles. The molecule has 0 N–H and O–H groups in total. The predicted octanol–water partition coefficient (Wildman–Crippen LogP) is 2.71. The van der Waals surface area contributed by atoms with Gasteiger partial charge < -0.3 is 9.64 Å². The quantitative estimate of drug-likeness (QED) is 0.752. The summed E-state index contributed by atoms with van der Waals surface area (Å²) >= 11 is 3.50. The van der Waals surface area contributed by atoms with Crippen LogP contribution in [0.5, 0.6) is 0 Å². The summed E-state index contributed by atoms with van der Waals surface area (Å²) in [6.45, 7) is 5.34. The van der Waals surface area contributed by atoms with Gasteiger partial charge in [-0.25, -0.2) is 0 Å². The maximum Gasteiger partial charge on any atom is 0.226 e. The Bertz CT molecular complexity index is 434. The lowest BCUT2D eigenvalue weighted by molar-refractivity contribution is -0.129. The van der Waals surface area contributed by atoms with Crippen molar-refractivity contribution < 1.29 is 9.53 Å². The van der Waals surface area contributed by atoms with Gasteiger partial charge in [-0.15, -0.1) is 0 Å². The van der Waals surface area contributed by atoms with Crippen molar-refractivity contribution in [3.8, 4) is 0 Å². The molecular formula is C15H22BrNO2. The normalized spacial score (nSPS) is 12.3. The zero-order chi connectivity index (χ0) is 14.4. The number of hydrogen-bond donors (Lipinski definition) is 0. The number of aryl methyl sites for hydroxylation is 2. The largest absolute Gasteiger partial charge is 0.383 e. The highest BCUT2D eigenvalue weighted by atomic mass is 79.9. The fourth-order valence-electron chi connectivity index (χ4n) is 1.92. The number of alkyl halides is 1. The van der Waals surface area contributed by atoms with E-state index >= 15 is 0 Å². The van der Waals surface area contributed by atoms with Crippen molar-refractivity contribution in [1.29, 1.82) is 0 Å². The maximum absolute atomic E-state index is 12.2. The van der Waals surface area contributed by atoms with E-state index in [9.17, 15) is 4.79 Å². The van der Waals surface area contributed by atoms with Crippen LogP contribution in [-0.2, 0) is 16.0 Å². The fourth-order valence-corrected chi connectivity index (χ4v) is 2.62. The molecule has 0 aromatic heterocycles. The standard InChI is InChI=1S/C15H22BrNO2/c1-11-5-6-12(2)13(7-11)8-15(18)17(3)9-14(16)10-19-4/h5-7,14H,8-10H2,1-4H3. The van der Waals surface area contributed by atoms with Crippen LogP contribution < -0.4 is 0 Å². The van der Waals surface area contributed by atoms with Gasteiger partial charge >= 0.3 is 0 Å². The third kappa shape index (κ3) is 5.33. The molecular weight excluding hydrogens is 306 g/mol. The summed E-state index contributed by atoms with van der Waals surface area (Å²) in [5.74, 6) is 0.134. The van der Waals surface area contributed by atoms with Crippen molar-refractivity contribution >= 4 is 21.8 Å². The molecule has 1 rings (SSSR count). The minimum absolute atomic E-state index is 0.134. The molecule has 1 atom stereocenters. The van der Waals surface area contributed by atoms with Crippen LogP contribution in [0.4, 0.5) is 0 Å². The van der Waals surface area contributed by atoms with Crippen LogP contribution >= 0.6 is 15.9 Å². The van der Waals surface area contributed by atoms with Gasteiger partial charge in [-0.3, -0.25) is 4.79 Å². The Morgan fingerprint density at radius 1 is 1.42 bits per heavy atom. The van der Waals surface area contributed by atoms with Gasteiger partial charge in [-0.2, -0.15) is 0 Å². The zero-order valence-corrected chi connectivity index (χ0v) is 13.7. The number of halogens is 1. The Hall–Kier alpha value is -0.870. The molecule has 0 saturated heterocycles. The average molecular weight is 328 g/mol. The second-order valence-electron chi connectivity index (χ2n) is 4.93. The van der Waals surface area contributed by atoms with E-state index in [1.807, 2.05) is 20.9 Å². The van der Waals surface area contributed by atoms with Crippen LogP contribution in [0.1, 0.15) is 16.7 Å². The third-order valence-corrected chi connectivity index (χ3v) is 3.65. The van der Waals surface area contributed by atoms with Gasteiger partial charge in [0.25, 0.3) is 0 Å². The minimum Gasteiger partial charge on any atom is -0.383 e. The molecule has 1 aromatic rings. The number of carbonyl (C=O) groups is 1. The van der Waals surface area contributed by atoms with Crippen molar-refractivity contribution in [1.82, 2.24) is 4.90 Å². The molecule has 0 aliphatic heterocycles. The summed E-state index contributed by atoms with van der Waals surface area (Å²) in [6, 6.07) is 6.22. The maximum atomic E-state index is 12.2. The van der Waals surface area contributed by atoms with Gasteiger partial charge in [0, 0.05) is 20.7 Å². The highest BCUT2D eigenvalue weighted by Gasteiger charge is 2.14. The first-order valence-corrected chi connectivity index (χ1v) is 7.28. The van der Waals surface area contributed by atoms with Crippen LogP contribution in [0.25, 0.3) is 0 Å². The zero-order valence-electron chi connectivity index (χ0n) is 12.1. The van der Waals surface area contributed by atoms with Gasteiger partial charge in [0.1, 0.15) is 0 Å². The second-order valence-corrected chi connectivity index (χ2v) is 6.23. The summed E-state index contributed by atoms with van der Waals surface area (Å²) in [4.78, 5) is 14.1. The first kappa shape index (κ1) is 16.2. The molecule has 0 saturated carbocycles. The molecule has 1 unspecified atom stereocenters. The number of ether oxygens (including phenoxy) is 1. The van der Waals surface area contributed by atoms with Crippen LogP contribution in [0.15, 0.2) is 18.2 Å². The van der Waals surface area contributed by atoms with Gasteiger partial charge in [0.15, 0.2) is 0 Å². The van der Waals surface area contributed by atoms with Crippen molar-refractivity contribution in [2.24, 2.45) is 0 Å². The molecule has 0 bridgehead atoms. The molecule has 19 heavy (non-hydrogen) atoms. The summed E-state index contributed by atoms with van der Waals surface area (Å²) < 4.78 is 5.05. The van der Waals surface area contributed by atoms with Crippen molar-refractivity contribution in [3.63, 3.8) is 0 Å². The minimum atomic E-state index is 0.134. The number of carbonyl (C=O) groups excluding carboxylic acids is 1. The summed E-state index contributed by atoms with van der Waals surface area (Å²) in [5, 5.41) is 0. The highest BCUT2D eigenvalue weighted by Crippen LogP contribution is 2.13. The van der Waals surface area contributed by atoms with E-state index in [2.05, 4.69) is 34.1 Å². The molecule has 0 radical (unpaired) electrons. The monoisotopic (exact) mass is 327 g/mol. The summed E-state index contributed by atoms with van der Waals surface area (Å²) in [6.07, 6.45) is 0.455. The van der Waals surface area contributed by atoms with E-state index in [4.69, 9.17) is 4.74 Å². The van der Waals surface area contributed by atoms with Crippen LogP contribution in [0.2, 0.25) is 0 Å². The molecule has 1 amide bonds. The second kappa shape index (κ2) is 7.65. The summed E-state index contributed by atoms with van der Waals surface area (Å²) in [7, 11) is 3.49. The fraction of sp³-hybridized carbons (Fsp3) is 0.533. The van der Waals surface area contributed by atoms with E-state index in [-0.39, 0.29) is 10.7 Å². The smallest absolute Gasteiger partial charge is 0.226 e. The Morgan fingerprint density at radius 3 is 2.74 bits per heavy atom. The number of benzene rings is 1. The molecule has 1 aromatic carbocycles. The molecule has 0 fully saturated rings. The Kier molecular flexibility index (Phi) is 6.52. The lowest BCUT2D eigenvalue weighted by atomic mass is 10.0. The van der Waals surface area contributed by atoms with Gasteiger partial charge in [-0.1, -0.05) is 39.7 Å². The number of methoxy groups -OCH3 is 1. The van der Waals surface area contributed by atoms with Crippen molar-refractivity contribution in [3.05, 3.63) is 34.9 Å². The first-order valence-electron chi connectivity index (χ1n) is 6.37. The van der Waals surface area contributed by atoms with Crippen LogP contribution in [0.3, 0.4) is 0 Å². The van der Waals surface area contributed by atoms with E-state index in [0.29, 0.717) is 19.6 Å². The van der Waals surface area contributed by atoms with Gasteiger partial charge in [0.05, 0.1) is 17.9 Å². The molecule has 3 nitrogen and oxygen atoms in total. The van der Waals surface area contributed by atoms with E-state index in [1.165, 1.54) is 11.1 Å². The lowest BCUT2D eigenvalue weighted by Gasteiger charge is -2.21. The van der Waals surface area contributed by atoms with Crippen LogP contribution in [0, 0.1) is 13.8 Å². The van der Waals surface area contributed by atoms with Gasteiger partial charge in [-0.05, 0) is 25.0 Å². The van der Waals surface area contributed by atoms with E-state index < -0.39 is 0 Å². The lowest BCUT2D eigenvalue weighted by Crippen LogP contribution is -2.34. The van der Waals surface area contributed by atoms with E-state index in [1.54, 1.807) is 12.0 Å². The Labute approximate surface area is 124 Å². The highest BCUT2D eigenvalue weighted by molar-refractivity contribution is 9.09. The number of likely N-dealkylation sites (N-methyl/N-ethyl adjacent to an activating group) is 1. The average Bonchev–Trinajstić information content (AvgIpc) is 2.34. The Morgan fingerprint density at radius 2 is 2.11 bits per heavy atom. The topological polar surface area (TPSA) is 29.5 Å². The van der Waals surface area contributed by atoms with Gasteiger partial charge in [0.2, 0.25) is 5.91 Å². The number of rotatable bonds is 6. The SMILES string of the molecule is COCC(Br)CN(C)C(=O)Cc1cc(C)ccc1C. The van der Waals surface area contributed by atoms with Crippen molar-refractivity contribution in [2.75, 3.05) is 27.3 Å². The predicted molar refractivity (Wildman–Crippen MR) is 81.8 cm³/mol. The Balaban J connectivity index is 2.61. The van der Waals surface area contributed by atoms with E-state index in [0.717, 1.165) is 5.56 Å². The molecule has 106 valence electrons. The summed E-state index contributed by atoms with van der Waals surface area (Å²) in [5.41, 5.74) is 3.46.